The van der Waals surface area contributed by atoms with Crippen molar-refractivity contribution in [2.24, 2.45) is 13.0 Å². The average molecular weight is 236 g/mol. The van der Waals surface area contributed by atoms with E-state index >= 15 is 0 Å². The molecule has 0 saturated carbocycles. The van der Waals surface area contributed by atoms with Crippen LogP contribution in [0.2, 0.25) is 0 Å². The second-order valence-electron chi connectivity index (χ2n) is 3.85. The monoisotopic (exact) mass is 236 g/mol. The van der Waals surface area contributed by atoms with Gasteiger partial charge in [0.15, 0.2) is 0 Å². The maximum absolute atomic E-state index is 10.8. The molecule has 90 valence electrons. The van der Waals surface area contributed by atoms with Gasteiger partial charge in [0.25, 0.3) is 0 Å². The van der Waals surface area contributed by atoms with Crippen LogP contribution in [0.15, 0.2) is 12.5 Å². The van der Waals surface area contributed by atoms with Gasteiger partial charge in [-0.05, 0) is 10.4 Å². The number of aromatic nitrogens is 6. The predicted molar refractivity (Wildman–Crippen MR) is 56.8 cm³/mol. The second-order valence-corrected chi connectivity index (χ2v) is 3.85. The van der Waals surface area contributed by atoms with E-state index < -0.39 is 11.9 Å². The number of hydrogen-bond donors (Lipinski definition) is 1. The lowest BCUT2D eigenvalue weighted by Gasteiger charge is -2.06. The fraction of sp³-hybridized carbons (Fsp3) is 0.444. The van der Waals surface area contributed by atoms with Crippen LogP contribution in [0.25, 0.3) is 11.5 Å². The third-order valence-electron chi connectivity index (χ3n) is 2.33. The van der Waals surface area contributed by atoms with Gasteiger partial charge in [-0.1, -0.05) is 6.92 Å². The molecule has 0 amide bonds. The van der Waals surface area contributed by atoms with Crippen molar-refractivity contribution in [3.63, 3.8) is 0 Å². The molecule has 1 atom stereocenters. The van der Waals surface area contributed by atoms with Crippen molar-refractivity contribution < 1.29 is 9.90 Å². The molecule has 2 aromatic rings. The fourth-order valence-corrected chi connectivity index (χ4v) is 1.38. The molecular weight excluding hydrogens is 224 g/mol. The van der Waals surface area contributed by atoms with E-state index in [1.54, 1.807) is 24.0 Å². The van der Waals surface area contributed by atoms with Crippen molar-refractivity contribution in [1.82, 2.24) is 29.8 Å². The molecule has 0 bridgehead atoms. The molecule has 0 radical (unpaired) electrons. The molecule has 2 rings (SSSR count). The Kier molecular flexibility index (Phi) is 2.86. The summed E-state index contributed by atoms with van der Waals surface area (Å²) in [5.74, 6) is -0.966. The van der Waals surface area contributed by atoms with Gasteiger partial charge >= 0.3 is 5.97 Å². The molecular formula is C9H12N6O2. The quantitative estimate of drug-likeness (QED) is 0.788. The summed E-state index contributed by atoms with van der Waals surface area (Å²) in [5, 5.41) is 20.0. The first-order valence-corrected chi connectivity index (χ1v) is 5.05. The van der Waals surface area contributed by atoms with Crippen molar-refractivity contribution in [2.45, 2.75) is 13.5 Å². The number of aryl methyl sites for hydroxylation is 1. The normalized spacial score (nSPS) is 12.6. The van der Waals surface area contributed by atoms with Crippen molar-refractivity contribution in [3.05, 3.63) is 12.5 Å². The molecule has 0 aromatic carbocycles. The summed E-state index contributed by atoms with van der Waals surface area (Å²) in [6.45, 7) is 1.82. The van der Waals surface area contributed by atoms with Crippen LogP contribution in [0.1, 0.15) is 6.92 Å². The summed E-state index contributed by atoms with van der Waals surface area (Å²) in [6.07, 6.45) is 3.41. The van der Waals surface area contributed by atoms with Gasteiger partial charge < -0.3 is 9.67 Å². The number of hydrogen-bond acceptors (Lipinski definition) is 5. The Hall–Kier alpha value is -2.25. The molecule has 2 heterocycles. The number of aliphatic carboxylic acids is 1. The third-order valence-corrected chi connectivity index (χ3v) is 2.33. The number of tetrazole rings is 1. The Bertz CT molecular complexity index is 531. The molecule has 0 aliphatic rings. The van der Waals surface area contributed by atoms with E-state index in [9.17, 15) is 4.79 Å². The minimum Gasteiger partial charge on any atom is -0.481 e. The maximum atomic E-state index is 10.8. The van der Waals surface area contributed by atoms with Crippen LogP contribution in [0.5, 0.6) is 0 Å². The van der Waals surface area contributed by atoms with Crippen LogP contribution >= 0.6 is 0 Å². The molecule has 0 aliphatic carbocycles. The second kappa shape index (κ2) is 4.32. The number of nitrogens with zero attached hydrogens (tertiary/aromatic N) is 6. The number of rotatable bonds is 4. The van der Waals surface area contributed by atoms with Crippen LogP contribution in [-0.4, -0.2) is 40.8 Å². The Morgan fingerprint density at radius 1 is 1.59 bits per heavy atom. The lowest BCUT2D eigenvalue weighted by molar-refractivity contribution is -0.141. The summed E-state index contributed by atoms with van der Waals surface area (Å²) in [6, 6.07) is 0. The fourth-order valence-electron chi connectivity index (χ4n) is 1.38. The average Bonchev–Trinajstić information content (AvgIpc) is 2.86. The molecule has 1 unspecified atom stereocenters. The molecule has 0 fully saturated rings. The Morgan fingerprint density at radius 2 is 2.35 bits per heavy atom. The number of carboxylic acid groups (broad SMARTS) is 1. The summed E-state index contributed by atoms with van der Waals surface area (Å²) < 4.78 is 3.22. The van der Waals surface area contributed by atoms with Crippen LogP contribution < -0.4 is 0 Å². The number of carboxylic acids is 1. The van der Waals surface area contributed by atoms with E-state index in [1.807, 2.05) is 7.05 Å². The van der Waals surface area contributed by atoms with Gasteiger partial charge in [-0.2, -0.15) is 0 Å². The zero-order chi connectivity index (χ0) is 12.4. The Labute approximate surface area is 96.9 Å². The van der Waals surface area contributed by atoms with Crippen molar-refractivity contribution in [1.29, 1.82) is 0 Å². The Morgan fingerprint density at radius 3 is 2.94 bits per heavy atom. The van der Waals surface area contributed by atoms with E-state index in [4.69, 9.17) is 5.11 Å². The highest BCUT2D eigenvalue weighted by Crippen LogP contribution is 2.13. The zero-order valence-electron chi connectivity index (χ0n) is 9.48. The van der Waals surface area contributed by atoms with Crippen LogP contribution in [0, 0.1) is 5.92 Å². The molecule has 2 aromatic heterocycles. The molecule has 0 aliphatic heterocycles. The van der Waals surface area contributed by atoms with E-state index in [2.05, 4.69) is 20.5 Å². The molecule has 0 saturated heterocycles. The summed E-state index contributed by atoms with van der Waals surface area (Å²) in [5.41, 5.74) is 0.620. The van der Waals surface area contributed by atoms with Gasteiger partial charge in [0.2, 0.25) is 5.82 Å². The summed E-state index contributed by atoms with van der Waals surface area (Å²) in [4.78, 5) is 14.9. The van der Waals surface area contributed by atoms with Gasteiger partial charge in [0, 0.05) is 13.2 Å². The van der Waals surface area contributed by atoms with Crippen molar-refractivity contribution in [3.8, 4) is 11.5 Å². The van der Waals surface area contributed by atoms with Crippen molar-refractivity contribution >= 4 is 5.97 Å². The minimum atomic E-state index is -0.882. The van der Waals surface area contributed by atoms with Gasteiger partial charge in [0.1, 0.15) is 5.69 Å². The topological polar surface area (TPSA) is 98.7 Å². The molecule has 8 heteroatoms. The van der Waals surface area contributed by atoms with E-state index in [0.717, 1.165) is 0 Å². The first-order chi connectivity index (χ1) is 8.08. The smallest absolute Gasteiger partial charge is 0.308 e. The minimum absolute atomic E-state index is 0.217. The predicted octanol–water partition coefficient (Wildman–Crippen LogP) is -0.206. The maximum Gasteiger partial charge on any atom is 0.308 e. The van der Waals surface area contributed by atoms with Crippen LogP contribution in [0.4, 0.5) is 0 Å². The lowest BCUT2D eigenvalue weighted by atomic mass is 10.2. The summed E-state index contributed by atoms with van der Waals surface area (Å²) in [7, 11) is 1.84. The van der Waals surface area contributed by atoms with Gasteiger partial charge in [0.05, 0.1) is 18.8 Å². The molecule has 0 spiro atoms. The highest BCUT2D eigenvalue weighted by molar-refractivity contribution is 5.69. The number of imidazole rings is 1. The molecule has 8 nitrogen and oxygen atoms in total. The zero-order valence-corrected chi connectivity index (χ0v) is 9.48. The van der Waals surface area contributed by atoms with Gasteiger partial charge in [-0.3, -0.25) is 4.79 Å². The highest BCUT2D eigenvalue weighted by atomic mass is 16.4. The third kappa shape index (κ3) is 2.30. The Balaban J connectivity index is 2.26. The van der Waals surface area contributed by atoms with Crippen LogP contribution in [-0.2, 0) is 18.4 Å². The SMILES string of the molecule is CC(Cn1nnnc1-c1cn(C)cn1)C(=O)O. The van der Waals surface area contributed by atoms with Gasteiger partial charge in [-0.25, -0.2) is 9.67 Å². The van der Waals surface area contributed by atoms with Crippen LogP contribution in [0.3, 0.4) is 0 Å². The van der Waals surface area contributed by atoms with Crippen molar-refractivity contribution in [2.75, 3.05) is 0 Å². The van der Waals surface area contributed by atoms with Gasteiger partial charge in [-0.15, -0.1) is 5.10 Å². The van der Waals surface area contributed by atoms with E-state index in [0.29, 0.717) is 11.5 Å². The highest BCUT2D eigenvalue weighted by Gasteiger charge is 2.17. The lowest BCUT2D eigenvalue weighted by Crippen LogP contribution is -2.18. The molecule has 1 N–H and O–H groups in total. The number of carbonyl (C=O) groups is 1. The first kappa shape index (κ1) is 11.2. The van der Waals surface area contributed by atoms with E-state index in [1.165, 1.54) is 4.68 Å². The van der Waals surface area contributed by atoms with E-state index in [-0.39, 0.29) is 6.54 Å². The largest absolute Gasteiger partial charge is 0.481 e. The standard InChI is InChI=1S/C9H12N6O2/c1-6(9(16)17)3-15-8(11-12-13-15)7-4-14(2)5-10-7/h4-6H,3H2,1-2H3,(H,16,17). The first-order valence-electron chi connectivity index (χ1n) is 5.05. The summed E-state index contributed by atoms with van der Waals surface area (Å²) >= 11 is 0. The molecule has 17 heavy (non-hydrogen) atoms.